The zero-order valence-electron chi connectivity index (χ0n) is 13.5. The quantitative estimate of drug-likeness (QED) is 0.664. The Hall–Kier alpha value is -2.86. The predicted molar refractivity (Wildman–Crippen MR) is 99.0 cm³/mol. The Morgan fingerprint density at radius 1 is 1.04 bits per heavy atom. The number of sulfonamides is 1. The molecule has 2 heterocycles. The summed E-state index contributed by atoms with van der Waals surface area (Å²) in [6.45, 7) is 0.0962. The van der Waals surface area contributed by atoms with Gasteiger partial charge in [0.15, 0.2) is 0 Å². The van der Waals surface area contributed by atoms with Crippen molar-refractivity contribution >= 4 is 38.3 Å². The third-order valence-corrected chi connectivity index (χ3v) is 5.36. The van der Waals surface area contributed by atoms with Crippen LogP contribution in [0, 0.1) is 0 Å². The van der Waals surface area contributed by atoms with Crippen molar-refractivity contribution in [3.63, 3.8) is 0 Å². The average Bonchev–Trinajstić information content (AvgIpc) is 2.59. The maximum absolute atomic E-state index is 12.4. The van der Waals surface area contributed by atoms with Crippen molar-refractivity contribution in [2.75, 3.05) is 17.1 Å². The van der Waals surface area contributed by atoms with Crippen molar-refractivity contribution in [3.8, 4) is 0 Å². The van der Waals surface area contributed by atoms with E-state index in [0.717, 1.165) is 17.2 Å². The molecule has 1 aliphatic rings. The molecule has 0 fully saturated rings. The Morgan fingerprint density at radius 3 is 2.56 bits per heavy atom. The van der Waals surface area contributed by atoms with Gasteiger partial charge in [0.1, 0.15) is 5.58 Å². The standard InChI is InChI=1S/C19H15NO4S/c1-25(22,23)20-12-15(10-13-6-2-4-8-17(13)20)16-11-14-7-3-5-9-18(14)24-19(16)21/h2-11H,12H2,1H3. The van der Waals surface area contributed by atoms with Crippen LogP contribution in [0.3, 0.4) is 0 Å². The zero-order chi connectivity index (χ0) is 17.6. The van der Waals surface area contributed by atoms with Crippen molar-refractivity contribution in [3.05, 3.63) is 76.1 Å². The minimum Gasteiger partial charge on any atom is -0.422 e. The van der Waals surface area contributed by atoms with Crippen LogP contribution in [0.4, 0.5) is 5.69 Å². The summed E-state index contributed by atoms with van der Waals surface area (Å²) in [6, 6.07) is 16.2. The molecule has 0 saturated carbocycles. The first-order chi connectivity index (χ1) is 11.9. The van der Waals surface area contributed by atoms with Crippen LogP contribution in [0.25, 0.3) is 22.6 Å². The number of fused-ring (bicyclic) bond motifs is 2. The van der Waals surface area contributed by atoms with Gasteiger partial charge in [-0.05, 0) is 35.4 Å². The van der Waals surface area contributed by atoms with Gasteiger partial charge in [-0.1, -0.05) is 36.4 Å². The lowest BCUT2D eigenvalue weighted by atomic mass is 9.99. The zero-order valence-corrected chi connectivity index (χ0v) is 14.3. The summed E-state index contributed by atoms with van der Waals surface area (Å²) in [4.78, 5) is 12.4. The van der Waals surface area contributed by atoms with Crippen LogP contribution in [0.1, 0.15) is 11.1 Å². The molecule has 1 aliphatic heterocycles. The molecule has 0 N–H and O–H groups in total. The van der Waals surface area contributed by atoms with E-state index in [4.69, 9.17) is 4.42 Å². The largest absolute Gasteiger partial charge is 0.422 e. The van der Waals surface area contributed by atoms with Crippen LogP contribution in [0.5, 0.6) is 0 Å². The summed E-state index contributed by atoms with van der Waals surface area (Å²) in [5.41, 5.74) is 2.39. The SMILES string of the molecule is CS(=O)(=O)N1CC(c2cc3ccccc3oc2=O)=Cc2ccccc21. The van der Waals surface area contributed by atoms with Gasteiger partial charge in [0.2, 0.25) is 10.0 Å². The van der Waals surface area contributed by atoms with Gasteiger partial charge in [0.25, 0.3) is 0 Å². The summed E-state index contributed by atoms with van der Waals surface area (Å²) in [5, 5.41) is 0.794. The minimum absolute atomic E-state index is 0.0962. The average molecular weight is 353 g/mol. The third-order valence-electron chi connectivity index (χ3n) is 4.24. The molecule has 25 heavy (non-hydrogen) atoms. The van der Waals surface area contributed by atoms with E-state index in [1.807, 2.05) is 30.3 Å². The van der Waals surface area contributed by atoms with Crippen molar-refractivity contribution in [2.45, 2.75) is 0 Å². The summed E-state index contributed by atoms with van der Waals surface area (Å²) in [7, 11) is -3.48. The predicted octanol–water partition coefficient (Wildman–Crippen LogP) is 3.11. The number of para-hydroxylation sites is 2. The first-order valence-electron chi connectivity index (χ1n) is 7.74. The van der Waals surface area contributed by atoms with Crippen LogP contribution < -0.4 is 9.93 Å². The van der Waals surface area contributed by atoms with Crippen molar-refractivity contribution < 1.29 is 12.8 Å². The number of anilines is 1. The van der Waals surface area contributed by atoms with Gasteiger partial charge in [-0.25, -0.2) is 13.2 Å². The molecule has 126 valence electrons. The maximum Gasteiger partial charge on any atom is 0.343 e. The Balaban J connectivity index is 1.93. The number of rotatable bonds is 2. The molecule has 6 heteroatoms. The van der Waals surface area contributed by atoms with Crippen molar-refractivity contribution in [2.24, 2.45) is 0 Å². The van der Waals surface area contributed by atoms with Gasteiger partial charge < -0.3 is 4.42 Å². The first kappa shape index (κ1) is 15.7. The van der Waals surface area contributed by atoms with E-state index < -0.39 is 15.6 Å². The van der Waals surface area contributed by atoms with Gasteiger partial charge in [-0.3, -0.25) is 4.31 Å². The number of hydrogen-bond donors (Lipinski definition) is 0. The summed E-state index contributed by atoms with van der Waals surface area (Å²) < 4.78 is 31.1. The summed E-state index contributed by atoms with van der Waals surface area (Å²) in [5.74, 6) is 0. The van der Waals surface area contributed by atoms with E-state index in [1.165, 1.54) is 4.31 Å². The second-order valence-electron chi connectivity index (χ2n) is 5.98. The molecule has 1 aromatic heterocycles. The normalized spacial score (nSPS) is 14.3. The summed E-state index contributed by atoms with van der Waals surface area (Å²) in [6.07, 6.45) is 3.01. The van der Waals surface area contributed by atoms with Crippen LogP contribution in [-0.4, -0.2) is 21.2 Å². The van der Waals surface area contributed by atoms with Gasteiger partial charge in [-0.15, -0.1) is 0 Å². The lowest BCUT2D eigenvalue weighted by Crippen LogP contribution is -2.34. The van der Waals surface area contributed by atoms with E-state index >= 15 is 0 Å². The van der Waals surface area contributed by atoms with Crippen LogP contribution in [0.2, 0.25) is 0 Å². The van der Waals surface area contributed by atoms with Crippen LogP contribution in [-0.2, 0) is 10.0 Å². The van der Waals surface area contributed by atoms with E-state index in [1.54, 1.807) is 30.3 Å². The Kier molecular flexibility index (Phi) is 3.51. The highest BCUT2D eigenvalue weighted by molar-refractivity contribution is 7.92. The molecule has 0 aliphatic carbocycles. The van der Waals surface area contributed by atoms with Gasteiger partial charge in [0, 0.05) is 5.39 Å². The topological polar surface area (TPSA) is 67.6 Å². The van der Waals surface area contributed by atoms with Crippen LogP contribution in [0.15, 0.2) is 63.8 Å². The fourth-order valence-electron chi connectivity index (χ4n) is 3.05. The van der Waals surface area contributed by atoms with Crippen LogP contribution >= 0.6 is 0 Å². The molecule has 4 rings (SSSR count). The molecule has 0 saturated heterocycles. The lowest BCUT2D eigenvalue weighted by Gasteiger charge is -2.29. The molecule has 0 unspecified atom stereocenters. The van der Waals surface area contributed by atoms with E-state index in [0.29, 0.717) is 22.4 Å². The van der Waals surface area contributed by atoms with Gasteiger partial charge >= 0.3 is 5.63 Å². The molecule has 2 aromatic carbocycles. The Labute approximate surface area is 144 Å². The number of nitrogens with zero attached hydrogens (tertiary/aromatic N) is 1. The second-order valence-corrected chi connectivity index (χ2v) is 7.89. The molecule has 0 radical (unpaired) electrons. The Bertz CT molecular complexity index is 1180. The molecular weight excluding hydrogens is 338 g/mol. The molecule has 0 bridgehead atoms. The first-order valence-corrected chi connectivity index (χ1v) is 9.59. The van der Waals surface area contributed by atoms with Crippen molar-refractivity contribution in [1.29, 1.82) is 0 Å². The molecule has 5 nitrogen and oxygen atoms in total. The van der Waals surface area contributed by atoms with Gasteiger partial charge in [0.05, 0.1) is 24.1 Å². The van der Waals surface area contributed by atoms with Crippen molar-refractivity contribution in [1.82, 2.24) is 0 Å². The molecule has 0 spiro atoms. The van der Waals surface area contributed by atoms with E-state index in [9.17, 15) is 13.2 Å². The fraction of sp³-hybridized carbons (Fsp3) is 0.105. The minimum atomic E-state index is -3.48. The van der Waals surface area contributed by atoms with Gasteiger partial charge in [-0.2, -0.15) is 0 Å². The number of benzene rings is 2. The second kappa shape index (κ2) is 5.60. The van der Waals surface area contributed by atoms with E-state index in [2.05, 4.69) is 0 Å². The van der Waals surface area contributed by atoms with E-state index in [-0.39, 0.29) is 6.54 Å². The molecule has 0 amide bonds. The Morgan fingerprint density at radius 2 is 1.76 bits per heavy atom. The molecule has 3 aromatic rings. The number of hydrogen-bond acceptors (Lipinski definition) is 4. The summed E-state index contributed by atoms with van der Waals surface area (Å²) >= 11 is 0. The third kappa shape index (κ3) is 2.74. The molecule has 0 atom stereocenters. The highest BCUT2D eigenvalue weighted by atomic mass is 32.2. The highest BCUT2D eigenvalue weighted by Crippen LogP contribution is 2.33. The smallest absolute Gasteiger partial charge is 0.343 e. The monoisotopic (exact) mass is 353 g/mol. The fourth-order valence-corrected chi connectivity index (χ4v) is 3.95. The lowest BCUT2D eigenvalue weighted by molar-refractivity contribution is 0.558. The maximum atomic E-state index is 12.4. The highest BCUT2D eigenvalue weighted by Gasteiger charge is 2.26. The molecular formula is C19H15NO4S.